The number of anilines is 2. The lowest BCUT2D eigenvalue weighted by molar-refractivity contribution is 0.0602. The molecule has 3 aromatic carbocycles. The van der Waals surface area contributed by atoms with E-state index in [-0.39, 0.29) is 16.0 Å². The van der Waals surface area contributed by atoms with Gasteiger partial charge in [0, 0.05) is 11.3 Å². The highest BCUT2D eigenvalue weighted by molar-refractivity contribution is 7.92. The van der Waals surface area contributed by atoms with E-state index in [4.69, 9.17) is 9.47 Å². The van der Waals surface area contributed by atoms with Crippen LogP contribution in [0.5, 0.6) is 5.75 Å². The first kappa shape index (κ1) is 21.8. The van der Waals surface area contributed by atoms with Crippen LogP contribution in [0.3, 0.4) is 0 Å². The standard InChI is InChI=1S/C22H20N2O6S/c1-29-17-11-13-18(14-12-17)31(27,28)24-16-9-7-15(8-10-16)21(25)23-20-6-4-3-5-19(20)22(26)30-2/h3-14,24H,1-2H3,(H,23,25). The number of para-hydroxylation sites is 1. The molecule has 0 aliphatic carbocycles. The Kier molecular flexibility index (Phi) is 6.56. The van der Waals surface area contributed by atoms with Crippen LogP contribution in [0, 0.1) is 0 Å². The molecule has 0 heterocycles. The molecule has 0 saturated heterocycles. The number of ether oxygens (including phenoxy) is 2. The van der Waals surface area contributed by atoms with Crippen LogP contribution in [0.1, 0.15) is 20.7 Å². The van der Waals surface area contributed by atoms with Crippen molar-refractivity contribution >= 4 is 33.3 Å². The van der Waals surface area contributed by atoms with Gasteiger partial charge in [0.05, 0.1) is 30.4 Å². The fraction of sp³-hybridized carbons (Fsp3) is 0.0909. The molecule has 0 aromatic heterocycles. The van der Waals surface area contributed by atoms with E-state index in [2.05, 4.69) is 10.0 Å². The Hall–Kier alpha value is -3.85. The molecule has 0 saturated carbocycles. The highest BCUT2D eigenvalue weighted by Gasteiger charge is 2.16. The van der Waals surface area contributed by atoms with Crippen molar-refractivity contribution in [1.82, 2.24) is 0 Å². The Balaban J connectivity index is 1.73. The van der Waals surface area contributed by atoms with E-state index < -0.39 is 21.9 Å². The fourth-order valence-electron chi connectivity index (χ4n) is 2.73. The van der Waals surface area contributed by atoms with Gasteiger partial charge < -0.3 is 14.8 Å². The monoisotopic (exact) mass is 440 g/mol. The minimum Gasteiger partial charge on any atom is -0.497 e. The van der Waals surface area contributed by atoms with E-state index in [0.29, 0.717) is 17.1 Å². The lowest BCUT2D eigenvalue weighted by Crippen LogP contribution is -2.16. The van der Waals surface area contributed by atoms with E-state index in [0.717, 1.165) is 0 Å². The maximum atomic E-state index is 12.5. The van der Waals surface area contributed by atoms with E-state index in [1.165, 1.54) is 50.6 Å². The SMILES string of the molecule is COC(=O)c1ccccc1NC(=O)c1ccc(NS(=O)(=O)c2ccc(OC)cc2)cc1. The molecule has 0 spiro atoms. The number of rotatable bonds is 7. The van der Waals surface area contributed by atoms with Gasteiger partial charge in [-0.2, -0.15) is 0 Å². The first-order chi connectivity index (χ1) is 14.8. The number of carbonyl (C=O) groups is 2. The second kappa shape index (κ2) is 9.31. The Morgan fingerprint density at radius 3 is 2.10 bits per heavy atom. The third-order valence-corrected chi connectivity index (χ3v) is 5.75. The van der Waals surface area contributed by atoms with Crippen LogP contribution in [0.4, 0.5) is 11.4 Å². The Morgan fingerprint density at radius 1 is 0.839 bits per heavy atom. The van der Waals surface area contributed by atoms with E-state index in [1.807, 2.05) is 0 Å². The van der Waals surface area contributed by atoms with Gasteiger partial charge >= 0.3 is 5.97 Å². The summed E-state index contributed by atoms with van der Waals surface area (Å²) in [7, 11) is -1.05. The predicted octanol–water partition coefficient (Wildman–Crippen LogP) is 3.53. The molecule has 0 bridgehead atoms. The van der Waals surface area contributed by atoms with Crippen LogP contribution in [0.25, 0.3) is 0 Å². The largest absolute Gasteiger partial charge is 0.497 e. The molecule has 31 heavy (non-hydrogen) atoms. The smallest absolute Gasteiger partial charge is 0.339 e. The number of benzene rings is 3. The van der Waals surface area contributed by atoms with Crippen LogP contribution in [0.15, 0.2) is 77.7 Å². The minimum atomic E-state index is -3.80. The number of sulfonamides is 1. The van der Waals surface area contributed by atoms with Gasteiger partial charge in [0.25, 0.3) is 15.9 Å². The molecule has 3 rings (SSSR count). The van der Waals surface area contributed by atoms with Crippen molar-refractivity contribution in [3.8, 4) is 5.75 Å². The van der Waals surface area contributed by atoms with Gasteiger partial charge in [0.2, 0.25) is 0 Å². The van der Waals surface area contributed by atoms with E-state index in [9.17, 15) is 18.0 Å². The van der Waals surface area contributed by atoms with Gasteiger partial charge in [-0.05, 0) is 60.7 Å². The topological polar surface area (TPSA) is 111 Å². The number of amides is 1. The highest BCUT2D eigenvalue weighted by atomic mass is 32.2. The third-order valence-electron chi connectivity index (χ3n) is 4.35. The average molecular weight is 440 g/mol. The molecule has 3 aromatic rings. The van der Waals surface area contributed by atoms with Crippen LogP contribution < -0.4 is 14.8 Å². The summed E-state index contributed by atoms with van der Waals surface area (Å²) in [5.41, 5.74) is 1.11. The molecule has 8 nitrogen and oxygen atoms in total. The zero-order valence-electron chi connectivity index (χ0n) is 16.8. The number of esters is 1. The average Bonchev–Trinajstić information content (AvgIpc) is 2.79. The highest BCUT2D eigenvalue weighted by Crippen LogP contribution is 2.21. The van der Waals surface area contributed by atoms with Gasteiger partial charge in [0.15, 0.2) is 0 Å². The van der Waals surface area contributed by atoms with Gasteiger partial charge in [-0.15, -0.1) is 0 Å². The number of methoxy groups -OCH3 is 2. The van der Waals surface area contributed by atoms with Crippen molar-refractivity contribution in [1.29, 1.82) is 0 Å². The number of hydrogen-bond acceptors (Lipinski definition) is 6. The van der Waals surface area contributed by atoms with Crippen LogP contribution in [-0.4, -0.2) is 34.5 Å². The van der Waals surface area contributed by atoms with E-state index in [1.54, 1.807) is 36.4 Å². The zero-order chi connectivity index (χ0) is 22.4. The predicted molar refractivity (Wildman–Crippen MR) is 116 cm³/mol. The summed E-state index contributed by atoms with van der Waals surface area (Å²) < 4.78 is 37.2. The minimum absolute atomic E-state index is 0.0783. The van der Waals surface area contributed by atoms with Gasteiger partial charge in [0.1, 0.15) is 5.75 Å². The number of hydrogen-bond donors (Lipinski definition) is 2. The molecular weight excluding hydrogens is 420 g/mol. The molecule has 0 aliphatic heterocycles. The molecule has 1 amide bonds. The molecule has 0 atom stereocenters. The van der Waals surface area contributed by atoms with Crippen LogP contribution in [-0.2, 0) is 14.8 Å². The Morgan fingerprint density at radius 2 is 1.48 bits per heavy atom. The Labute approximate surface area is 179 Å². The van der Waals surface area contributed by atoms with Crippen molar-refractivity contribution in [2.45, 2.75) is 4.90 Å². The molecule has 0 radical (unpaired) electrons. The molecule has 0 unspecified atom stereocenters. The maximum Gasteiger partial charge on any atom is 0.339 e. The second-order valence-electron chi connectivity index (χ2n) is 6.35. The summed E-state index contributed by atoms with van der Waals surface area (Å²) in [6.07, 6.45) is 0. The van der Waals surface area contributed by atoms with Gasteiger partial charge in [-0.25, -0.2) is 13.2 Å². The Bertz CT molecular complexity index is 1190. The number of carbonyl (C=O) groups excluding carboxylic acids is 2. The maximum absolute atomic E-state index is 12.5. The quantitative estimate of drug-likeness (QED) is 0.544. The summed E-state index contributed by atoms with van der Waals surface area (Å²) in [5, 5.41) is 2.66. The fourth-order valence-corrected chi connectivity index (χ4v) is 3.79. The summed E-state index contributed by atoms with van der Waals surface area (Å²) in [6, 6.07) is 18.3. The molecule has 9 heteroatoms. The number of nitrogens with one attached hydrogen (secondary N) is 2. The van der Waals surface area contributed by atoms with Crippen molar-refractivity contribution in [2.24, 2.45) is 0 Å². The molecular formula is C22H20N2O6S. The first-order valence-corrected chi connectivity index (χ1v) is 10.6. The van der Waals surface area contributed by atoms with Gasteiger partial charge in [-0.3, -0.25) is 9.52 Å². The summed E-state index contributed by atoms with van der Waals surface area (Å²) >= 11 is 0. The van der Waals surface area contributed by atoms with Crippen LogP contribution in [0.2, 0.25) is 0 Å². The van der Waals surface area contributed by atoms with Crippen LogP contribution >= 0.6 is 0 Å². The molecule has 2 N–H and O–H groups in total. The molecule has 0 aliphatic rings. The first-order valence-electron chi connectivity index (χ1n) is 9.09. The van der Waals surface area contributed by atoms with Crippen molar-refractivity contribution < 1.29 is 27.5 Å². The lowest BCUT2D eigenvalue weighted by atomic mass is 10.1. The summed E-state index contributed by atoms with van der Waals surface area (Å²) in [5.74, 6) is -0.483. The normalized spacial score (nSPS) is 10.8. The lowest BCUT2D eigenvalue weighted by Gasteiger charge is -2.11. The molecule has 0 fully saturated rings. The third kappa shape index (κ3) is 5.20. The van der Waals surface area contributed by atoms with E-state index >= 15 is 0 Å². The van der Waals surface area contributed by atoms with Gasteiger partial charge in [-0.1, -0.05) is 12.1 Å². The van der Waals surface area contributed by atoms with Crippen molar-refractivity contribution in [3.63, 3.8) is 0 Å². The zero-order valence-corrected chi connectivity index (χ0v) is 17.6. The summed E-state index contributed by atoms with van der Waals surface area (Å²) in [6.45, 7) is 0. The second-order valence-corrected chi connectivity index (χ2v) is 8.03. The summed E-state index contributed by atoms with van der Waals surface area (Å²) in [4.78, 5) is 24.5. The molecule has 160 valence electrons. The van der Waals surface area contributed by atoms with Crippen molar-refractivity contribution in [3.05, 3.63) is 83.9 Å². The van der Waals surface area contributed by atoms with Crippen molar-refractivity contribution in [2.75, 3.05) is 24.3 Å².